The molecule has 146 valence electrons. The van der Waals surface area contributed by atoms with Crippen molar-refractivity contribution in [1.29, 1.82) is 0 Å². The Labute approximate surface area is 171 Å². The third-order valence-corrected chi connectivity index (χ3v) is 5.54. The summed E-state index contributed by atoms with van der Waals surface area (Å²) in [5.74, 6) is 0.289. The van der Waals surface area contributed by atoms with Crippen molar-refractivity contribution < 1.29 is 13.6 Å². The molecule has 7 heteroatoms. The highest BCUT2D eigenvalue weighted by molar-refractivity contribution is 8.00. The Morgan fingerprint density at radius 1 is 1.07 bits per heavy atom. The summed E-state index contributed by atoms with van der Waals surface area (Å²) in [5.41, 5.74) is 1.47. The van der Waals surface area contributed by atoms with E-state index < -0.39 is 0 Å². The molecule has 0 aliphatic heterocycles. The summed E-state index contributed by atoms with van der Waals surface area (Å²) < 4.78 is 18.5. The van der Waals surface area contributed by atoms with Gasteiger partial charge in [-0.2, -0.15) is 0 Å². The van der Waals surface area contributed by atoms with Crippen LogP contribution in [-0.4, -0.2) is 21.4 Å². The van der Waals surface area contributed by atoms with Crippen LogP contribution in [0.5, 0.6) is 0 Å². The van der Waals surface area contributed by atoms with Gasteiger partial charge in [-0.15, -0.1) is 10.2 Å². The van der Waals surface area contributed by atoms with Crippen LogP contribution in [0.2, 0.25) is 0 Å². The normalized spacial score (nSPS) is 12.1. The predicted molar refractivity (Wildman–Crippen MR) is 111 cm³/mol. The molecule has 0 saturated heterocycles. The van der Waals surface area contributed by atoms with Gasteiger partial charge in [0, 0.05) is 16.3 Å². The van der Waals surface area contributed by atoms with Crippen molar-refractivity contribution in [3.05, 3.63) is 78.5 Å². The summed E-state index contributed by atoms with van der Waals surface area (Å²) in [4.78, 5) is 12.4. The second-order valence-corrected chi connectivity index (χ2v) is 7.79. The molecule has 4 aromatic rings. The first-order valence-corrected chi connectivity index (χ1v) is 9.98. The Morgan fingerprint density at radius 3 is 2.55 bits per heavy atom. The Kier molecular flexibility index (Phi) is 5.57. The van der Waals surface area contributed by atoms with Gasteiger partial charge >= 0.3 is 0 Å². The Morgan fingerprint density at radius 2 is 1.83 bits per heavy atom. The number of nitrogens with one attached hydrogen (secondary N) is 1. The molecule has 29 heavy (non-hydrogen) atoms. The Bertz CT molecular complexity index is 1130. The van der Waals surface area contributed by atoms with E-state index in [1.165, 1.54) is 23.9 Å². The molecule has 4 rings (SSSR count). The van der Waals surface area contributed by atoms with Crippen molar-refractivity contribution in [2.24, 2.45) is 0 Å². The van der Waals surface area contributed by atoms with E-state index >= 15 is 0 Å². The van der Waals surface area contributed by atoms with Crippen molar-refractivity contribution in [1.82, 2.24) is 15.5 Å². The van der Waals surface area contributed by atoms with Gasteiger partial charge in [-0.3, -0.25) is 4.79 Å². The van der Waals surface area contributed by atoms with Gasteiger partial charge in [0.15, 0.2) is 0 Å². The second kappa shape index (κ2) is 8.45. The van der Waals surface area contributed by atoms with Gasteiger partial charge in [0.05, 0.1) is 18.1 Å². The summed E-state index contributed by atoms with van der Waals surface area (Å²) in [6.45, 7) is 2.17. The number of furan rings is 1. The molecule has 0 spiro atoms. The van der Waals surface area contributed by atoms with E-state index in [1.54, 1.807) is 24.5 Å². The lowest BCUT2D eigenvalue weighted by atomic mass is 10.1. The van der Waals surface area contributed by atoms with Gasteiger partial charge < -0.3 is 9.73 Å². The zero-order chi connectivity index (χ0) is 20.2. The molecule has 0 saturated carbocycles. The maximum atomic E-state index is 13.3. The number of rotatable bonds is 6. The number of halogens is 1. The smallest absolute Gasteiger partial charge is 0.233 e. The van der Waals surface area contributed by atoms with Crippen LogP contribution in [0.25, 0.3) is 22.0 Å². The van der Waals surface area contributed by atoms with Crippen LogP contribution in [0, 0.1) is 5.82 Å². The van der Waals surface area contributed by atoms with Crippen LogP contribution in [0.3, 0.4) is 0 Å². The minimum atomic E-state index is -0.362. The number of benzene rings is 2. The number of aromatic nitrogens is 2. The number of carbonyl (C=O) groups is 1. The molecule has 1 atom stereocenters. The van der Waals surface area contributed by atoms with Crippen LogP contribution in [0.4, 0.5) is 4.39 Å². The zero-order valence-corrected chi connectivity index (χ0v) is 16.4. The van der Waals surface area contributed by atoms with E-state index in [4.69, 9.17) is 4.42 Å². The fraction of sp³-hybridized carbons (Fsp3) is 0.136. The van der Waals surface area contributed by atoms with Gasteiger partial charge in [-0.25, -0.2) is 4.39 Å². The molecular weight excluding hydrogens is 389 g/mol. The number of hydrogen-bond acceptors (Lipinski definition) is 5. The summed E-state index contributed by atoms with van der Waals surface area (Å²) in [6.07, 6.45) is 1.57. The molecule has 2 aromatic heterocycles. The topological polar surface area (TPSA) is 68.0 Å². The van der Waals surface area contributed by atoms with Gasteiger partial charge in [0.2, 0.25) is 5.91 Å². The molecule has 0 bridgehead atoms. The lowest BCUT2D eigenvalue weighted by Gasteiger charge is -2.13. The summed E-state index contributed by atoms with van der Waals surface area (Å²) in [6, 6.07) is 17.5. The average molecular weight is 407 g/mol. The van der Waals surface area contributed by atoms with Crippen LogP contribution in [0.15, 0.2) is 76.4 Å². The lowest BCUT2D eigenvalue weighted by molar-refractivity contribution is -0.120. The van der Waals surface area contributed by atoms with Crippen LogP contribution >= 0.6 is 11.8 Å². The van der Waals surface area contributed by atoms with Gasteiger partial charge in [0.25, 0.3) is 0 Å². The van der Waals surface area contributed by atoms with E-state index in [0.717, 1.165) is 16.3 Å². The van der Waals surface area contributed by atoms with Gasteiger partial charge in [0.1, 0.15) is 22.3 Å². The van der Waals surface area contributed by atoms with Crippen LogP contribution < -0.4 is 5.32 Å². The average Bonchev–Trinajstić information content (AvgIpc) is 3.26. The Balaban J connectivity index is 1.57. The Hall–Kier alpha value is -3.19. The van der Waals surface area contributed by atoms with E-state index in [0.29, 0.717) is 23.0 Å². The number of carbonyl (C=O) groups excluding carboxylic acids is 1. The van der Waals surface area contributed by atoms with Gasteiger partial charge in [-0.1, -0.05) is 36.0 Å². The highest BCUT2D eigenvalue weighted by atomic mass is 32.2. The summed E-state index contributed by atoms with van der Waals surface area (Å²) >= 11 is 1.35. The highest BCUT2D eigenvalue weighted by Gasteiger charge is 2.18. The molecule has 1 N–H and O–H groups in total. The van der Waals surface area contributed by atoms with Crippen molar-refractivity contribution in [3.8, 4) is 11.3 Å². The molecule has 0 radical (unpaired) electrons. The number of fused-ring (bicyclic) bond motifs is 1. The van der Waals surface area contributed by atoms with E-state index in [9.17, 15) is 9.18 Å². The molecule has 0 aliphatic rings. The first-order chi connectivity index (χ1) is 14.1. The first kappa shape index (κ1) is 19.1. The van der Waals surface area contributed by atoms with Crippen LogP contribution in [0.1, 0.15) is 12.7 Å². The number of thioether (sulfide) groups is 1. The predicted octanol–water partition coefficient (Wildman–Crippen LogP) is 4.83. The molecule has 2 aromatic carbocycles. The first-order valence-electron chi connectivity index (χ1n) is 9.10. The van der Waals surface area contributed by atoms with Crippen molar-refractivity contribution in [3.63, 3.8) is 0 Å². The summed E-state index contributed by atoms with van der Waals surface area (Å²) in [5, 5.41) is 13.7. The van der Waals surface area contributed by atoms with Crippen molar-refractivity contribution in [2.75, 3.05) is 0 Å². The third kappa shape index (κ3) is 4.30. The number of hydrogen-bond donors (Lipinski definition) is 1. The second-order valence-electron chi connectivity index (χ2n) is 6.46. The quantitative estimate of drug-likeness (QED) is 0.464. The molecular formula is C22H18FN3O2S. The summed E-state index contributed by atoms with van der Waals surface area (Å²) in [7, 11) is 0. The maximum absolute atomic E-state index is 13.3. The minimum Gasteiger partial charge on any atom is -0.467 e. The van der Waals surface area contributed by atoms with E-state index in [-0.39, 0.29) is 17.0 Å². The van der Waals surface area contributed by atoms with Gasteiger partial charge in [-0.05, 0) is 43.3 Å². The maximum Gasteiger partial charge on any atom is 0.233 e. The standard InChI is InChI=1S/C22H18FN3O2S/c1-14(21(27)24-13-17-5-4-12-28-17)29-22-19-7-3-2-6-18(19)20(25-26-22)15-8-10-16(23)11-9-15/h2-12,14H,13H2,1H3,(H,24,27)/t14-/m0/s1. The molecule has 1 amide bonds. The van der Waals surface area contributed by atoms with Crippen molar-refractivity contribution >= 4 is 28.4 Å². The lowest BCUT2D eigenvalue weighted by Crippen LogP contribution is -2.30. The fourth-order valence-electron chi connectivity index (χ4n) is 2.94. The molecule has 0 fully saturated rings. The molecule has 2 heterocycles. The number of nitrogens with zero attached hydrogens (tertiary/aromatic N) is 2. The largest absolute Gasteiger partial charge is 0.467 e. The van der Waals surface area contributed by atoms with E-state index in [2.05, 4.69) is 15.5 Å². The highest BCUT2D eigenvalue weighted by Crippen LogP contribution is 2.33. The van der Waals surface area contributed by atoms with E-state index in [1.807, 2.05) is 37.3 Å². The molecule has 0 aliphatic carbocycles. The number of amides is 1. The molecule has 5 nitrogen and oxygen atoms in total. The third-order valence-electron chi connectivity index (χ3n) is 4.45. The fourth-order valence-corrected chi connectivity index (χ4v) is 3.86. The monoisotopic (exact) mass is 407 g/mol. The zero-order valence-electron chi connectivity index (χ0n) is 15.6. The van der Waals surface area contributed by atoms with Crippen LogP contribution in [-0.2, 0) is 11.3 Å². The van der Waals surface area contributed by atoms with Crippen molar-refractivity contribution in [2.45, 2.75) is 23.7 Å². The molecule has 0 unspecified atom stereocenters. The minimum absolute atomic E-state index is 0.111. The SMILES string of the molecule is C[C@H](Sc1nnc(-c2ccc(F)cc2)c2ccccc12)C(=O)NCc1ccco1.